The summed E-state index contributed by atoms with van der Waals surface area (Å²) in [6.45, 7) is 2.16. The molecule has 1 N–H and O–H groups in total. The van der Waals surface area contributed by atoms with Gasteiger partial charge in [0.2, 0.25) is 0 Å². The third-order valence-electron chi connectivity index (χ3n) is 5.90. The first-order valence-corrected chi connectivity index (χ1v) is 12.6. The van der Waals surface area contributed by atoms with E-state index in [4.69, 9.17) is 0 Å². The first kappa shape index (κ1) is 22.8. The number of rotatable bonds is 5. The van der Waals surface area contributed by atoms with E-state index < -0.39 is 15.9 Å². The predicted molar refractivity (Wildman–Crippen MR) is 132 cm³/mol. The largest absolute Gasteiger partial charge is 0.306 e. The summed E-state index contributed by atoms with van der Waals surface area (Å²) in [5.74, 6) is -0.473. The van der Waals surface area contributed by atoms with Crippen LogP contribution in [0.5, 0.6) is 0 Å². The molecule has 0 atom stereocenters. The van der Waals surface area contributed by atoms with E-state index in [1.807, 2.05) is 24.3 Å². The van der Waals surface area contributed by atoms with Crippen molar-refractivity contribution in [3.63, 3.8) is 0 Å². The van der Waals surface area contributed by atoms with Crippen molar-refractivity contribution in [3.8, 4) is 5.69 Å². The molecule has 0 spiro atoms. The van der Waals surface area contributed by atoms with Crippen LogP contribution in [-0.4, -0.2) is 30.7 Å². The van der Waals surface area contributed by atoms with Gasteiger partial charge in [0.25, 0.3) is 15.9 Å². The molecule has 35 heavy (non-hydrogen) atoms. The van der Waals surface area contributed by atoms with Gasteiger partial charge in [-0.25, -0.2) is 17.5 Å². The topological polar surface area (TPSA) is 84.3 Å². The maximum absolute atomic E-state index is 13.5. The van der Waals surface area contributed by atoms with Crippen LogP contribution in [0.2, 0.25) is 0 Å². The molecule has 0 fully saturated rings. The number of hydrogen-bond donors (Lipinski definition) is 1. The molecule has 2 heterocycles. The van der Waals surface area contributed by atoms with E-state index in [-0.39, 0.29) is 16.3 Å². The van der Waals surface area contributed by atoms with Gasteiger partial charge >= 0.3 is 0 Å². The molecule has 0 unspecified atom stereocenters. The minimum Gasteiger partial charge on any atom is -0.306 e. The number of benzene rings is 3. The van der Waals surface area contributed by atoms with Crippen LogP contribution >= 0.6 is 0 Å². The van der Waals surface area contributed by atoms with Crippen LogP contribution in [0.15, 0.2) is 83.8 Å². The smallest absolute Gasteiger partial charge is 0.264 e. The average Bonchev–Trinajstić information content (AvgIpc) is 3.23. The number of anilines is 2. The lowest BCUT2D eigenvalue weighted by molar-refractivity contribution is 0.102. The van der Waals surface area contributed by atoms with Crippen LogP contribution in [0.4, 0.5) is 15.9 Å². The van der Waals surface area contributed by atoms with Gasteiger partial charge in [0.15, 0.2) is 0 Å². The standard InChI is InChI=1S/C26H23FN4O3S/c1-18-16-25(31(29-18)22-13-11-21(27)12-14-22)28-26(32)20-7-4-9-23(17-20)35(33,34)30-15-5-8-19-6-2-3-10-24(19)30/h2-4,6-7,9-14,16-17H,5,8,15H2,1H3,(H,28,32). The Bertz CT molecular complexity index is 1510. The first-order chi connectivity index (χ1) is 16.8. The highest BCUT2D eigenvalue weighted by atomic mass is 32.2. The van der Waals surface area contributed by atoms with Gasteiger partial charge in [0, 0.05) is 18.2 Å². The van der Waals surface area contributed by atoms with E-state index >= 15 is 0 Å². The summed E-state index contributed by atoms with van der Waals surface area (Å²) in [7, 11) is -3.86. The normalized spacial score (nSPS) is 13.4. The van der Waals surface area contributed by atoms with Crippen molar-refractivity contribution in [1.29, 1.82) is 0 Å². The number of aromatic nitrogens is 2. The lowest BCUT2D eigenvalue weighted by atomic mass is 10.0. The Hall–Kier alpha value is -3.98. The van der Waals surface area contributed by atoms with Crippen LogP contribution in [-0.2, 0) is 16.4 Å². The molecule has 0 radical (unpaired) electrons. The van der Waals surface area contributed by atoms with Gasteiger partial charge in [-0.3, -0.25) is 9.10 Å². The van der Waals surface area contributed by atoms with Crippen LogP contribution in [0.1, 0.15) is 28.0 Å². The monoisotopic (exact) mass is 490 g/mol. The zero-order chi connectivity index (χ0) is 24.6. The summed E-state index contributed by atoms with van der Waals surface area (Å²) in [6, 6.07) is 20.9. The molecule has 9 heteroatoms. The Morgan fingerprint density at radius 1 is 1.00 bits per heavy atom. The van der Waals surface area contributed by atoms with E-state index in [1.165, 1.54) is 33.3 Å². The fraction of sp³-hybridized carbons (Fsp3) is 0.154. The van der Waals surface area contributed by atoms with Gasteiger partial charge in [0.05, 0.1) is 22.0 Å². The molecule has 5 rings (SSSR count). The second-order valence-electron chi connectivity index (χ2n) is 8.35. The molecular formula is C26H23FN4O3S. The van der Waals surface area contributed by atoms with Gasteiger partial charge in [-0.05, 0) is 73.9 Å². The van der Waals surface area contributed by atoms with Crippen molar-refractivity contribution >= 4 is 27.4 Å². The second kappa shape index (κ2) is 8.99. The van der Waals surface area contributed by atoms with Crippen LogP contribution in [0, 0.1) is 12.7 Å². The van der Waals surface area contributed by atoms with Crippen molar-refractivity contribution in [2.45, 2.75) is 24.7 Å². The lowest BCUT2D eigenvalue weighted by Gasteiger charge is -2.30. The number of fused-ring (bicyclic) bond motifs is 1. The number of carbonyl (C=O) groups is 1. The Kier molecular flexibility index (Phi) is 5.86. The number of sulfonamides is 1. The van der Waals surface area contributed by atoms with Gasteiger partial charge in [-0.15, -0.1) is 0 Å². The minimum absolute atomic E-state index is 0.0464. The van der Waals surface area contributed by atoms with Crippen molar-refractivity contribution in [3.05, 3.63) is 102 Å². The average molecular weight is 491 g/mol. The molecule has 178 valence electrons. The van der Waals surface area contributed by atoms with Crippen molar-refractivity contribution in [2.75, 3.05) is 16.2 Å². The molecule has 0 aliphatic carbocycles. The third-order valence-corrected chi connectivity index (χ3v) is 7.71. The zero-order valence-corrected chi connectivity index (χ0v) is 19.8. The number of carbonyl (C=O) groups excluding carboxylic acids is 1. The Balaban J connectivity index is 1.44. The molecule has 1 amide bonds. The van der Waals surface area contributed by atoms with E-state index in [9.17, 15) is 17.6 Å². The van der Waals surface area contributed by atoms with Gasteiger partial charge in [-0.2, -0.15) is 5.10 Å². The number of halogens is 1. The SMILES string of the molecule is Cc1cc(NC(=O)c2cccc(S(=O)(=O)N3CCCc4ccccc43)c2)n(-c2ccc(F)cc2)n1. The van der Waals surface area contributed by atoms with E-state index in [0.717, 1.165) is 18.4 Å². The summed E-state index contributed by atoms with van der Waals surface area (Å²) < 4.78 is 43.3. The fourth-order valence-corrected chi connectivity index (χ4v) is 5.82. The number of nitrogens with zero attached hydrogens (tertiary/aromatic N) is 3. The lowest BCUT2D eigenvalue weighted by Crippen LogP contribution is -2.35. The highest BCUT2D eigenvalue weighted by Crippen LogP contribution is 2.32. The molecule has 1 aromatic heterocycles. The quantitative estimate of drug-likeness (QED) is 0.439. The Labute approximate surface area is 202 Å². The summed E-state index contributed by atoms with van der Waals surface area (Å²) >= 11 is 0. The van der Waals surface area contributed by atoms with Gasteiger partial charge in [-0.1, -0.05) is 24.3 Å². The minimum atomic E-state index is -3.86. The van der Waals surface area contributed by atoms with Gasteiger partial charge in [0.1, 0.15) is 11.6 Å². The zero-order valence-electron chi connectivity index (χ0n) is 19.0. The summed E-state index contributed by atoms with van der Waals surface area (Å²) in [4.78, 5) is 13.1. The summed E-state index contributed by atoms with van der Waals surface area (Å²) in [6.07, 6.45) is 1.55. The highest BCUT2D eigenvalue weighted by Gasteiger charge is 2.29. The molecule has 4 aromatic rings. The van der Waals surface area contributed by atoms with E-state index in [2.05, 4.69) is 10.4 Å². The van der Waals surface area contributed by atoms with Crippen LogP contribution < -0.4 is 9.62 Å². The maximum atomic E-state index is 13.5. The van der Waals surface area contributed by atoms with Gasteiger partial charge < -0.3 is 5.32 Å². The van der Waals surface area contributed by atoms with Crippen LogP contribution in [0.25, 0.3) is 5.69 Å². The summed E-state index contributed by atoms with van der Waals surface area (Å²) in [5, 5.41) is 7.17. The third kappa shape index (κ3) is 4.42. The van der Waals surface area contributed by atoms with E-state index in [0.29, 0.717) is 29.4 Å². The molecule has 0 bridgehead atoms. The van der Waals surface area contributed by atoms with Crippen molar-refractivity contribution in [2.24, 2.45) is 0 Å². The number of nitrogens with one attached hydrogen (secondary N) is 1. The Morgan fingerprint density at radius 3 is 2.57 bits per heavy atom. The number of amides is 1. The molecule has 0 saturated carbocycles. The number of aryl methyl sites for hydroxylation is 2. The molecular weight excluding hydrogens is 467 g/mol. The fourth-order valence-electron chi connectivity index (χ4n) is 4.23. The van der Waals surface area contributed by atoms with Crippen molar-refractivity contribution < 1.29 is 17.6 Å². The predicted octanol–water partition coefficient (Wildman–Crippen LogP) is 4.71. The van der Waals surface area contributed by atoms with Crippen molar-refractivity contribution in [1.82, 2.24) is 9.78 Å². The first-order valence-electron chi connectivity index (χ1n) is 11.2. The maximum Gasteiger partial charge on any atom is 0.264 e. The Morgan fingerprint density at radius 2 is 1.77 bits per heavy atom. The van der Waals surface area contributed by atoms with E-state index in [1.54, 1.807) is 37.3 Å². The highest BCUT2D eigenvalue weighted by molar-refractivity contribution is 7.92. The summed E-state index contributed by atoms with van der Waals surface area (Å²) in [5.41, 5.74) is 3.09. The molecule has 0 saturated heterocycles. The number of hydrogen-bond acceptors (Lipinski definition) is 4. The second-order valence-corrected chi connectivity index (χ2v) is 10.2. The van der Waals surface area contributed by atoms with Crippen LogP contribution in [0.3, 0.4) is 0 Å². The number of para-hydroxylation sites is 1. The molecule has 7 nitrogen and oxygen atoms in total. The molecule has 1 aliphatic heterocycles. The molecule has 3 aromatic carbocycles. The molecule has 1 aliphatic rings.